The van der Waals surface area contributed by atoms with Crippen LogP contribution in [0.25, 0.3) is 0 Å². The van der Waals surface area contributed by atoms with Crippen LogP contribution in [0.1, 0.15) is 15.9 Å². The smallest absolute Gasteiger partial charge is 0.387 e. The van der Waals surface area contributed by atoms with Gasteiger partial charge in [0.25, 0.3) is 0 Å². The molecule has 4 nitrogen and oxygen atoms in total. The van der Waals surface area contributed by atoms with Crippen molar-refractivity contribution in [2.45, 2.75) is 11.5 Å². The number of halogens is 2. The van der Waals surface area contributed by atoms with E-state index < -0.39 is 12.6 Å². The van der Waals surface area contributed by atoms with E-state index in [4.69, 9.17) is 5.26 Å². The third-order valence-electron chi connectivity index (χ3n) is 1.84. The van der Waals surface area contributed by atoms with Gasteiger partial charge in [0.15, 0.2) is 0 Å². The van der Waals surface area contributed by atoms with Gasteiger partial charge in [0.2, 0.25) is 0 Å². The molecule has 0 aromatic heterocycles. The predicted octanol–water partition coefficient (Wildman–Crippen LogP) is 2.23. The summed E-state index contributed by atoms with van der Waals surface area (Å²) in [5.41, 5.74) is -0.174. The molecule has 0 saturated heterocycles. The Morgan fingerprint density at radius 1 is 1.53 bits per heavy atom. The van der Waals surface area contributed by atoms with Gasteiger partial charge in [-0.15, -0.1) is 12.6 Å². The molecule has 0 bridgehead atoms. The molecule has 0 heterocycles. The van der Waals surface area contributed by atoms with E-state index in [1.54, 1.807) is 6.07 Å². The average molecular weight is 259 g/mol. The van der Waals surface area contributed by atoms with Crippen molar-refractivity contribution in [3.05, 3.63) is 23.3 Å². The molecule has 1 rings (SSSR count). The first-order valence-electron chi connectivity index (χ1n) is 4.29. The molecular weight excluding hydrogens is 252 g/mol. The SMILES string of the molecule is COC(=O)c1cc(OC(F)F)c(S)cc1C#N. The van der Waals surface area contributed by atoms with Crippen molar-refractivity contribution in [3.8, 4) is 11.8 Å². The molecule has 1 aromatic carbocycles. The highest BCUT2D eigenvalue weighted by molar-refractivity contribution is 7.80. The lowest BCUT2D eigenvalue weighted by Crippen LogP contribution is -2.08. The molecule has 0 saturated carbocycles. The summed E-state index contributed by atoms with van der Waals surface area (Å²) in [6.45, 7) is -3.04. The van der Waals surface area contributed by atoms with E-state index in [-0.39, 0.29) is 21.8 Å². The summed E-state index contributed by atoms with van der Waals surface area (Å²) in [5, 5.41) is 8.78. The highest BCUT2D eigenvalue weighted by Crippen LogP contribution is 2.28. The molecule has 17 heavy (non-hydrogen) atoms. The van der Waals surface area contributed by atoms with Crippen LogP contribution < -0.4 is 4.74 Å². The number of carbonyl (C=O) groups excluding carboxylic acids is 1. The van der Waals surface area contributed by atoms with Crippen LogP contribution in [0, 0.1) is 11.3 Å². The molecular formula is C10H7F2NO3S. The van der Waals surface area contributed by atoms with Crippen molar-refractivity contribution in [2.75, 3.05) is 7.11 Å². The van der Waals surface area contributed by atoms with Gasteiger partial charge in [0.05, 0.1) is 18.2 Å². The van der Waals surface area contributed by atoms with Gasteiger partial charge in [-0.2, -0.15) is 14.0 Å². The number of esters is 1. The molecule has 0 radical (unpaired) electrons. The molecule has 0 amide bonds. The predicted molar refractivity (Wildman–Crippen MR) is 56.4 cm³/mol. The average Bonchev–Trinajstić information content (AvgIpc) is 2.29. The summed E-state index contributed by atoms with van der Waals surface area (Å²) < 4.78 is 32.7. The van der Waals surface area contributed by atoms with E-state index in [1.807, 2.05) is 0 Å². The first-order valence-corrected chi connectivity index (χ1v) is 4.74. The molecule has 0 aliphatic carbocycles. The van der Waals surface area contributed by atoms with Crippen LogP contribution in [0.4, 0.5) is 8.78 Å². The lowest BCUT2D eigenvalue weighted by molar-refractivity contribution is -0.0517. The molecule has 0 unspecified atom stereocenters. The zero-order valence-corrected chi connectivity index (χ0v) is 9.50. The Bertz CT molecular complexity index is 485. The number of thiol groups is 1. The first-order chi connectivity index (χ1) is 7.99. The van der Waals surface area contributed by atoms with Gasteiger partial charge < -0.3 is 9.47 Å². The van der Waals surface area contributed by atoms with Gasteiger partial charge in [0.1, 0.15) is 11.8 Å². The van der Waals surface area contributed by atoms with Crippen LogP contribution in [-0.4, -0.2) is 19.7 Å². The van der Waals surface area contributed by atoms with Crippen LogP contribution in [0.2, 0.25) is 0 Å². The van der Waals surface area contributed by atoms with Crippen LogP contribution >= 0.6 is 12.6 Å². The normalized spacial score (nSPS) is 9.88. The van der Waals surface area contributed by atoms with Gasteiger partial charge in [-0.1, -0.05) is 0 Å². The van der Waals surface area contributed by atoms with Crippen molar-refractivity contribution in [1.29, 1.82) is 5.26 Å². The second-order valence-corrected chi connectivity index (χ2v) is 3.33. The summed E-state index contributed by atoms with van der Waals surface area (Å²) in [4.78, 5) is 11.3. The Morgan fingerprint density at radius 2 is 2.18 bits per heavy atom. The highest BCUT2D eigenvalue weighted by Gasteiger charge is 2.17. The fourth-order valence-electron chi connectivity index (χ4n) is 1.13. The summed E-state index contributed by atoms with van der Waals surface area (Å²) in [7, 11) is 1.12. The number of ether oxygens (including phenoxy) is 2. The minimum atomic E-state index is -3.04. The van der Waals surface area contributed by atoms with Gasteiger partial charge in [-0.3, -0.25) is 0 Å². The van der Waals surface area contributed by atoms with Crippen molar-refractivity contribution in [2.24, 2.45) is 0 Å². The van der Waals surface area contributed by atoms with Crippen molar-refractivity contribution >= 4 is 18.6 Å². The van der Waals surface area contributed by atoms with Gasteiger partial charge >= 0.3 is 12.6 Å². The third-order valence-corrected chi connectivity index (χ3v) is 2.19. The van der Waals surface area contributed by atoms with E-state index in [0.29, 0.717) is 0 Å². The molecule has 1 aromatic rings. The summed E-state index contributed by atoms with van der Waals surface area (Å²) in [5.74, 6) is -1.10. The van der Waals surface area contributed by atoms with Crippen molar-refractivity contribution in [1.82, 2.24) is 0 Å². The molecule has 0 N–H and O–H groups in total. The number of carbonyl (C=O) groups is 1. The summed E-state index contributed by atoms with van der Waals surface area (Å²) in [6.07, 6.45) is 0. The molecule has 0 spiro atoms. The Labute approximate surface area is 101 Å². The third kappa shape index (κ3) is 3.07. The Balaban J connectivity index is 3.28. The van der Waals surface area contributed by atoms with E-state index >= 15 is 0 Å². The molecule has 0 aliphatic heterocycles. The summed E-state index contributed by atoms with van der Waals surface area (Å²) in [6, 6.07) is 3.90. The Morgan fingerprint density at radius 3 is 2.65 bits per heavy atom. The minimum absolute atomic E-state index is 0.0246. The molecule has 90 valence electrons. The fourth-order valence-corrected chi connectivity index (χ4v) is 1.38. The zero-order chi connectivity index (χ0) is 13.0. The quantitative estimate of drug-likeness (QED) is 0.668. The van der Waals surface area contributed by atoms with E-state index in [1.165, 1.54) is 0 Å². The zero-order valence-electron chi connectivity index (χ0n) is 8.61. The molecule has 0 fully saturated rings. The number of hydrogen-bond acceptors (Lipinski definition) is 5. The molecule has 0 atom stereocenters. The minimum Gasteiger partial charge on any atom is -0.465 e. The number of alkyl halides is 2. The molecule has 0 aliphatic rings. The van der Waals surface area contributed by atoms with Crippen LogP contribution in [0.15, 0.2) is 17.0 Å². The van der Waals surface area contributed by atoms with E-state index in [9.17, 15) is 13.6 Å². The van der Waals surface area contributed by atoms with Gasteiger partial charge in [-0.25, -0.2) is 4.79 Å². The fraction of sp³-hybridized carbons (Fsp3) is 0.200. The van der Waals surface area contributed by atoms with Gasteiger partial charge in [-0.05, 0) is 12.1 Å². The second-order valence-electron chi connectivity index (χ2n) is 2.85. The van der Waals surface area contributed by atoms with Crippen molar-refractivity contribution in [3.63, 3.8) is 0 Å². The first kappa shape index (κ1) is 13.3. The number of nitriles is 1. The maximum absolute atomic E-state index is 12.1. The number of methoxy groups -OCH3 is 1. The second kappa shape index (κ2) is 5.50. The van der Waals surface area contributed by atoms with E-state index in [2.05, 4.69) is 22.1 Å². The summed E-state index contributed by atoms with van der Waals surface area (Å²) >= 11 is 3.88. The maximum atomic E-state index is 12.1. The van der Waals surface area contributed by atoms with Crippen molar-refractivity contribution < 1.29 is 23.0 Å². The number of rotatable bonds is 3. The van der Waals surface area contributed by atoms with Gasteiger partial charge in [0, 0.05) is 4.90 Å². The Kier molecular flexibility index (Phi) is 4.29. The Hall–Kier alpha value is -1.81. The lowest BCUT2D eigenvalue weighted by Gasteiger charge is -2.10. The van der Waals surface area contributed by atoms with Crippen LogP contribution in [-0.2, 0) is 4.74 Å². The lowest BCUT2D eigenvalue weighted by atomic mass is 10.1. The highest BCUT2D eigenvalue weighted by atomic mass is 32.1. The number of hydrogen-bond donors (Lipinski definition) is 1. The number of nitrogens with zero attached hydrogens (tertiary/aromatic N) is 1. The van der Waals surface area contributed by atoms with E-state index in [0.717, 1.165) is 19.2 Å². The monoisotopic (exact) mass is 259 g/mol. The largest absolute Gasteiger partial charge is 0.465 e. The standard InChI is InChI=1S/C10H7F2NO3S/c1-15-9(14)6-3-7(16-10(11)12)8(17)2-5(6)4-13/h2-3,10,17H,1H3. The van der Waals surface area contributed by atoms with Crippen LogP contribution in [0.3, 0.4) is 0 Å². The topological polar surface area (TPSA) is 59.3 Å². The molecule has 7 heteroatoms. The number of benzene rings is 1. The van der Waals surface area contributed by atoms with Crippen LogP contribution in [0.5, 0.6) is 5.75 Å². The maximum Gasteiger partial charge on any atom is 0.387 e.